The van der Waals surface area contributed by atoms with Gasteiger partial charge in [0.15, 0.2) is 5.69 Å². The van der Waals surface area contributed by atoms with Gasteiger partial charge in [-0.1, -0.05) is 30.2 Å². The summed E-state index contributed by atoms with van der Waals surface area (Å²) in [5.41, 5.74) is 1.93. The Morgan fingerprint density at radius 2 is 2.08 bits per heavy atom. The van der Waals surface area contributed by atoms with E-state index in [1.54, 1.807) is 35.2 Å². The average Bonchev–Trinajstić information content (AvgIpc) is 3.24. The second-order valence-corrected chi connectivity index (χ2v) is 5.72. The third kappa shape index (κ3) is 3.49. The minimum absolute atomic E-state index is 0.268. The van der Waals surface area contributed by atoms with Gasteiger partial charge in [0.05, 0.1) is 24.2 Å². The molecule has 3 aromatic rings. The van der Waals surface area contributed by atoms with E-state index in [1.165, 1.54) is 0 Å². The fourth-order valence-corrected chi connectivity index (χ4v) is 2.52. The van der Waals surface area contributed by atoms with E-state index < -0.39 is 0 Å². The third-order valence-corrected chi connectivity index (χ3v) is 3.79. The molecule has 0 radical (unpaired) electrons. The summed E-state index contributed by atoms with van der Waals surface area (Å²) in [6.45, 7) is 2.36. The monoisotopic (exact) mass is 344 g/mol. The van der Waals surface area contributed by atoms with Crippen LogP contribution in [0, 0.1) is 0 Å². The van der Waals surface area contributed by atoms with Gasteiger partial charge in [-0.2, -0.15) is 0 Å². The Morgan fingerprint density at radius 3 is 2.75 bits per heavy atom. The Labute approximate surface area is 144 Å². The van der Waals surface area contributed by atoms with Crippen molar-refractivity contribution in [2.24, 2.45) is 0 Å². The fraction of sp³-hybridized carbons (Fsp3) is 0.235. The first-order chi connectivity index (χ1) is 11.7. The Bertz CT molecular complexity index is 810. The highest BCUT2D eigenvalue weighted by molar-refractivity contribution is 6.30. The highest BCUT2D eigenvalue weighted by Gasteiger charge is 2.20. The molecule has 1 aromatic carbocycles. The van der Waals surface area contributed by atoms with Crippen molar-refractivity contribution in [3.8, 4) is 5.69 Å². The average molecular weight is 345 g/mol. The zero-order valence-corrected chi connectivity index (χ0v) is 14.0. The van der Waals surface area contributed by atoms with Crippen LogP contribution < -0.4 is 5.32 Å². The van der Waals surface area contributed by atoms with E-state index in [4.69, 9.17) is 16.0 Å². The molecule has 2 heterocycles. The van der Waals surface area contributed by atoms with E-state index in [0.717, 1.165) is 17.8 Å². The van der Waals surface area contributed by atoms with E-state index in [1.807, 2.05) is 19.1 Å². The highest BCUT2D eigenvalue weighted by atomic mass is 35.5. The van der Waals surface area contributed by atoms with Gasteiger partial charge >= 0.3 is 0 Å². The van der Waals surface area contributed by atoms with E-state index >= 15 is 0 Å². The van der Waals surface area contributed by atoms with Gasteiger partial charge in [0, 0.05) is 5.02 Å². The molecule has 0 saturated carbocycles. The molecule has 7 heteroatoms. The minimum Gasteiger partial charge on any atom is -0.467 e. The topological polar surface area (TPSA) is 73.0 Å². The maximum atomic E-state index is 12.4. The van der Waals surface area contributed by atoms with Crippen LogP contribution in [0.5, 0.6) is 0 Å². The molecule has 0 fully saturated rings. The molecular formula is C17H17ClN4O2. The predicted molar refractivity (Wildman–Crippen MR) is 90.2 cm³/mol. The fourth-order valence-electron chi connectivity index (χ4n) is 2.39. The number of nitrogens with zero attached hydrogens (tertiary/aromatic N) is 3. The summed E-state index contributed by atoms with van der Waals surface area (Å²) in [4.78, 5) is 12.4. The molecule has 0 aliphatic heterocycles. The third-order valence-electron chi connectivity index (χ3n) is 3.54. The van der Waals surface area contributed by atoms with Crippen LogP contribution in [-0.4, -0.2) is 20.9 Å². The minimum atomic E-state index is -0.268. The van der Waals surface area contributed by atoms with Crippen LogP contribution in [0.3, 0.4) is 0 Å². The normalized spacial score (nSPS) is 10.8. The standard InChI is InChI=1S/C17H17ClN4O2/c1-2-4-15-16(17(23)19-11-14-5-3-10-24-14)20-21-22(15)13-8-6-12(18)7-9-13/h3,5-10H,2,4,11H2,1H3,(H,19,23). The second-order valence-electron chi connectivity index (χ2n) is 5.29. The van der Waals surface area contributed by atoms with Crippen LogP contribution in [-0.2, 0) is 13.0 Å². The lowest BCUT2D eigenvalue weighted by atomic mass is 10.2. The number of rotatable bonds is 6. The molecule has 0 atom stereocenters. The van der Waals surface area contributed by atoms with Gasteiger partial charge in [-0.05, 0) is 42.8 Å². The molecule has 24 heavy (non-hydrogen) atoms. The molecule has 0 aliphatic rings. The molecule has 1 amide bonds. The van der Waals surface area contributed by atoms with Gasteiger partial charge in [0.25, 0.3) is 5.91 Å². The lowest BCUT2D eigenvalue weighted by molar-refractivity contribution is 0.0942. The molecule has 2 aromatic heterocycles. The summed E-state index contributed by atoms with van der Waals surface area (Å²) in [5.74, 6) is 0.417. The van der Waals surface area contributed by atoms with Crippen molar-refractivity contribution in [2.45, 2.75) is 26.3 Å². The molecule has 0 spiro atoms. The summed E-state index contributed by atoms with van der Waals surface area (Å²) >= 11 is 5.93. The quantitative estimate of drug-likeness (QED) is 0.743. The number of amides is 1. The first kappa shape index (κ1) is 16.3. The Hall–Kier alpha value is -2.60. The van der Waals surface area contributed by atoms with Crippen molar-refractivity contribution in [3.63, 3.8) is 0 Å². The maximum Gasteiger partial charge on any atom is 0.274 e. The summed E-state index contributed by atoms with van der Waals surface area (Å²) in [6, 6.07) is 10.8. The van der Waals surface area contributed by atoms with E-state index in [2.05, 4.69) is 15.6 Å². The number of nitrogens with one attached hydrogen (secondary N) is 1. The first-order valence-corrected chi connectivity index (χ1v) is 8.08. The number of aromatic nitrogens is 3. The molecule has 1 N–H and O–H groups in total. The number of furan rings is 1. The van der Waals surface area contributed by atoms with E-state index in [-0.39, 0.29) is 5.91 Å². The molecule has 0 aliphatic carbocycles. The number of benzene rings is 1. The van der Waals surface area contributed by atoms with Crippen molar-refractivity contribution in [2.75, 3.05) is 0 Å². The van der Waals surface area contributed by atoms with Crippen LogP contribution in [0.2, 0.25) is 5.02 Å². The zero-order valence-electron chi connectivity index (χ0n) is 13.2. The smallest absolute Gasteiger partial charge is 0.274 e. The van der Waals surface area contributed by atoms with Crippen molar-refractivity contribution in [1.29, 1.82) is 0 Å². The van der Waals surface area contributed by atoms with E-state index in [0.29, 0.717) is 29.4 Å². The summed E-state index contributed by atoms with van der Waals surface area (Å²) in [7, 11) is 0. The molecule has 6 nitrogen and oxygen atoms in total. The van der Waals surface area contributed by atoms with Gasteiger partial charge in [-0.3, -0.25) is 4.79 Å². The molecule has 0 saturated heterocycles. The molecule has 0 bridgehead atoms. The molecule has 124 valence electrons. The lowest BCUT2D eigenvalue weighted by Gasteiger charge is -2.07. The maximum absolute atomic E-state index is 12.4. The predicted octanol–water partition coefficient (Wildman–Crippen LogP) is 3.40. The van der Waals surface area contributed by atoms with Crippen molar-refractivity contribution < 1.29 is 9.21 Å². The summed E-state index contributed by atoms with van der Waals surface area (Å²) in [6.07, 6.45) is 3.14. The van der Waals surface area contributed by atoms with Gasteiger partial charge < -0.3 is 9.73 Å². The van der Waals surface area contributed by atoms with Crippen LogP contribution in [0.1, 0.15) is 35.3 Å². The van der Waals surface area contributed by atoms with Crippen LogP contribution in [0.15, 0.2) is 47.1 Å². The van der Waals surface area contributed by atoms with Gasteiger partial charge in [0.1, 0.15) is 5.76 Å². The van der Waals surface area contributed by atoms with Crippen molar-refractivity contribution in [3.05, 3.63) is 64.8 Å². The highest BCUT2D eigenvalue weighted by Crippen LogP contribution is 2.17. The van der Waals surface area contributed by atoms with Gasteiger partial charge in [0.2, 0.25) is 0 Å². The van der Waals surface area contributed by atoms with Crippen molar-refractivity contribution in [1.82, 2.24) is 20.3 Å². The zero-order chi connectivity index (χ0) is 16.9. The Morgan fingerprint density at radius 1 is 1.29 bits per heavy atom. The number of carbonyl (C=O) groups is 1. The number of carbonyl (C=O) groups excluding carboxylic acids is 1. The van der Waals surface area contributed by atoms with Crippen molar-refractivity contribution >= 4 is 17.5 Å². The Balaban J connectivity index is 1.84. The largest absolute Gasteiger partial charge is 0.467 e. The second kappa shape index (κ2) is 7.31. The number of halogens is 1. The lowest BCUT2D eigenvalue weighted by Crippen LogP contribution is -2.24. The number of hydrogen-bond acceptors (Lipinski definition) is 4. The van der Waals surface area contributed by atoms with Crippen LogP contribution in [0.25, 0.3) is 5.69 Å². The van der Waals surface area contributed by atoms with Crippen LogP contribution in [0.4, 0.5) is 0 Å². The van der Waals surface area contributed by atoms with Gasteiger partial charge in [-0.15, -0.1) is 5.10 Å². The van der Waals surface area contributed by atoms with Crippen LogP contribution >= 0.6 is 11.6 Å². The number of hydrogen-bond donors (Lipinski definition) is 1. The summed E-state index contributed by atoms with van der Waals surface area (Å²) in [5, 5.41) is 11.7. The Kier molecular flexibility index (Phi) is 4.96. The first-order valence-electron chi connectivity index (χ1n) is 7.70. The molecule has 3 rings (SSSR count). The molecule has 0 unspecified atom stereocenters. The van der Waals surface area contributed by atoms with Gasteiger partial charge in [-0.25, -0.2) is 4.68 Å². The summed E-state index contributed by atoms with van der Waals surface area (Å²) < 4.78 is 6.90. The van der Waals surface area contributed by atoms with E-state index in [9.17, 15) is 4.79 Å². The SMILES string of the molecule is CCCc1c(C(=O)NCc2ccco2)nnn1-c1ccc(Cl)cc1. The molecular weight excluding hydrogens is 328 g/mol.